The number of sulfonamides is 1. The highest BCUT2D eigenvalue weighted by atomic mass is 32.2. The fourth-order valence-corrected chi connectivity index (χ4v) is 4.50. The van der Waals surface area contributed by atoms with Gasteiger partial charge in [-0.2, -0.15) is 14.7 Å². The zero-order valence-corrected chi connectivity index (χ0v) is 13.5. The van der Waals surface area contributed by atoms with Crippen molar-refractivity contribution < 1.29 is 8.42 Å². The molecule has 2 heterocycles. The number of aromatic nitrogens is 3. The van der Waals surface area contributed by atoms with E-state index in [0.717, 1.165) is 18.7 Å². The van der Waals surface area contributed by atoms with E-state index in [0.29, 0.717) is 18.9 Å². The monoisotopic (exact) mass is 331 g/mol. The summed E-state index contributed by atoms with van der Waals surface area (Å²) in [7, 11) is -3.69. The minimum Gasteiger partial charge on any atom is -0.263 e. The Balaban J connectivity index is 1.90. The molecule has 7 nitrogen and oxygen atoms in total. The maximum atomic E-state index is 12.9. The van der Waals surface area contributed by atoms with Gasteiger partial charge in [0.2, 0.25) is 10.0 Å². The molecular weight excluding hydrogens is 314 g/mol. The summed E-state index contributed by atoms with van der Waals surface area (Å²) in [6.45, 7) is 2.60. The Bertz CT molecular complexity index is 853. The van der Waals surface area contributed by atoms with Crippen molar-refractivity contribution in [3.63, 3.8) is 0 Å². The summed E-state index contributed by atoms with van der Waals surface area (Å²) in [5.41, 5.74) is 0.170. The standard InChI is InChI=1S/C15H17N5O2S/c1-11-17-15(19-18-11)13-6-4-8-20(10-13)23(21,22)14-7-3-2-5-12(14)9-16/h2-3,5,7,13H,4,6,8,10H2,1H3,(H,17,18,19). The predicted octanol–water partition coefficient (Wildman–Crippen LogP) is 1.55. The number of hydrogen-bond acceptors (Lipinski definition) is 5. The average molecular weight is 331 g/mol. The van der Waals surface area contributed by atoms with E-state index in [-0.39, 0.29) is 16.4 Å². The molecular formula is C15H17N5O2S. The Morgan fingerprint density at radius 3 is 2.87 bits per heavy atom. The van der Waals surface area contributed by atoms with Crippen LogP contribution in [0.15, 0.2) is 29.2 Å². The number of nitriles is 1. The Hall–Kier alpha value is -2.24. The van der Waals surface area contributed by atoms with Crippen molar-refractivity contribution in [2.45, 2.75) is 30.6 Å². The molecule has 0 radical (unpaired) electrons. The largest absolute Gasteiger partial charge is 0.263 e. The summed E-state index contributed by atoms with van der Waals surface area (Å²) in [6.07, 6.45) is 1.59. The summed E-state index contributed by atoms with van der Waals surface area (Å²) < 4.78 is 27.2. The van der Waals surface area contributed by atoms with Crippen molar-refractivity contribution >= 4 is 10.0 Å². The predicted molar refractivity (Wildman–Crippen MR) is 83.0 cm³/mol. The van der Waals surface area contributed by atoms with Gasteiger partial charge in [-0.25, -0.2) is 13.4 Å². The molecule has 1 aromatic heterocycles. The van der Waals surface area contributed by atoms with Gasteiger partial charge in [-0.15, -0.1) is 0 Å². The van der Waals surface area contributed by atoms with E-state index in [2.05, 4.69) is 15.2 Å². The highest BCUT2D eigenvalue weighted by molar-refractivity contribution is 7.89. The Kier molecular flexibility index (Phi) is 4.15. The van der Waals surface area contributed by atoms with Crippen molar-refractivity contribution in [3.8, 4) is 6.07 Å². The lowest BCUT2D eigenvalue weighted by Crippen LogP contribution is -2.39. The normalized spacial score (nSPS) is 19.4. The van der Waals surface area contributed by atoms with Gasteiger partial charge in [-0.3, -0.25) is 5.10 Å². The maximum absolute atomic E-state index is 12.9. The lowest BCUT2D eigenvalue weighted by molar-refractivity contribution is 0.309. The van der Waals surface area contributed by atoms with Crippen LogP contribution in [-0.2, 0) is 10.0 Å². The van der Waals surface area contributed by atoms with Gasteiger partial charge in [0, 0.05) is 19.0 Å². The summed E-state index contributed by atoms with van der Waals surface area (Å²) >= 11 is 0. The SMILES string of the molecule is Cc1nc(C2CCCN(S(=O)(=O)c3ccccc3C#N)C2)n[nH]1. The molecule has 120 valence electrons. The van der Waals surface area contributed by atoms with Crippen LogP contribution in [0.3, 0.4) is 0 Å². The molecule has 1 unspecified atom stereocenters. The third-order valence-corrected chi connectivity index (χ3v) is 5.91. The molecule has 0 spiro atoms. The molecule has 1 atom stereocenters. The Morgan fingerprint density at radius 2 is 2.17 bits per heavy atom. The average Bonchev–Trinajstić information content (AvgIpc) is 3.01. The first kappa shape index (κ1) is 15.6. The number of aromatic amines is 1. The molecule has 1 aromatic carbocycles. The molecule has 23 heavy (non-hydrogen) atoms. The van der Waals surface area contributed by atoms with Gasteiger partial charge in [0.25, 0.3) is 0 Å². The lowest BCUT2D eigenvalue weighted by Gasteiger charge is -2.30. The molecule has 0 amide bonds. The number of aryl methyl sites for hydroxylation is 1. The highest BCUT2D eigenvalue weighted by Gasteiger charge is 2.33. The van der Waals surface area contributed by atoms with Crippen LogP contribution in [0, 0.1) is 18.3 Å². The van der Waals surface area contributed by atoms with Crippen molar-refractivity contribution in [1.29, 1.82) is 5.26 Å². The summed E-state index contributed by atoms with van der Waals surface area (Å²) in [6, 6.07) is 8.25. The van der Waals surface area contributed by atoms with Crippen LogP contribution in [0.4, 0.5) is 0 Å². The molecule has 1 saturated heterocycles. The van der Waals surface area contributed by atoms with Crippen LogP contribution in [0.5, 0.6) is 0 Å². The quantitative estimate of drug-likeness (QED) is 0.919. The van der Waals surface area contributed by atoms with Crippen molar-refractivity contribution in [2.75, 3.05) is 13.1 Å². The van der Waals surface area contributed by atoms with E-state index in [1.807, 2.05) is 13.0 Å². The van der Waals surface area contributed by atoms with E-state index in [1.54, 1.807) is 12.1 Å². The van der Waals surface area contributed by atoms with Crippen molar-refractivity contribution in [2.24, 2.45) is 0 Å². The first-order valence-corrected chi connectivity index (χ1v) is 8.84. The van der Waals surface area contributed by atoms with E-state index < -0.39 is 10.0 Å². The Labute approximate surface area is 135 Å². The molecule has 1 N–H and O–H groups in total. The first-order valence-electron chi connectivity index (χ1n) is 7.40. The number of nitrogens with zero attached hydrogens (tertiary/aromatic N) is 4. The number of benzene rings is 1. The minimum absolute atomic E-state index is 0.0299. The molecule has 1 aliphatic heterocycles. The molecule has 8 heteroatoms. The van der Waals surface area contributed by atoms with Crippen LogP contribution in [0.2, 0.25) is 0 Å². The second kappa shape index (κ2) is 6.10. The molecule has 0 aliphatic carbocycles. The number of H-pyrrole nitrogens is 1. The summed E-state index contributed by atoms with van der Waals surface area (Å²) in [5.74, 6) is 1.34. The van der Waals surface area contributed by atoms with Crippen LogP contribution in [0.25, 0.3) is 0 Å². The minimum atomic E-state index is -3.69. The Morgan fingerprint density at radius 1 is 1.39 bits per heavy atom. The smallest absolute Gasteiger partial charge is 0.244 e. The third kappa shape index (κ3) is 2.98. The van der Waals surface area contributed by atoms with Gasteiger partial charge in [0.15, 0.2) is 5.82 Å². The molecule has 3 rings (SSSR count). The van der Waals surface area contributed by atoms with Gasteiger partial charge in [-0.1, -0.05) is 12.1 Å². The number of nitrogens with one attached hydrogen (secondary N) is 1. The maximum Gasteiger partial charge on any atom is 0.244 e. The number of rotatable bonds is 3. The molecule has 1 fully saturated rings. The van der Waals surface area contributed by atoms with Crippen molar-refractivity contribution in [3.05, 3.63) is 41.5 Å². The van der Waals surface area contributed by atoms with Gasteiger partial charge in [0.1, 0.15) is 11.9 Å². The first-order chi connectivity index (χ1) is 11.0. The van der Waals surface area contributed by atoms with Gasteiger partial charge >= 0.3 is 0 Å². The summed E-state index contributed by atoms with van der Waals surface area (Å²) in [4.78, 5) is 4.38. The van der Waals surface area contributed by atoms with Crippen LogP contribution < -0.4 is 0 Å². The summed E-state index contributed by atoms with van der Waals surface area (Å²) in [5, 5.41) is 16.1. The van der Waals surface area contributed by atoms with Gasteiger partial charge < -0.3 is 0 Å². The topological polar surface area (TPSA) is 103 Å². The molecule has 2 aromatic rings. The fraction of sp³-hybridized carbons (Fsp3) is 0.400. The second-order valence-corrected chi connectivity index (χ2v) is 7.50. The molecule has 0 bridgehead atoms. The second-order valence-electron chi connectivity index (χ2n) is 5.59. The lowest BCUT2D eigenvalue weighted by atomic mass is 9.99. The van der Waals surface area contributed by atoms with Crippen molar-refractivity contribution in [1.82, 2.24) is 19.5 Å². The number of hydrogen-bond donors (Lipinski definition) is 1. The van der Waals surface area contributed by atoms with E-state index in [9.17, 15) is 8.42 Å². The highest BCUT2D eigenvalue weighted by Crippen LogP contribution is 2.29. The molecule has 0 saturated carbocycles. The fourth-order valence-electron chi connectivity index (χ4n) is 2.84. The zero-order valence-electron chi connectivity index (χ0n) is 12.7. The van der Waals surface area contributed by atoms with Crippen LogP contribution >= 0.6 is 0 Å². The van der Waals surface area contributed by atoms with E-state index in [1.165, 1.54) is 16.4 Å². The van der Waals surface area contributed by atoms with Crippen LogP contribution in [0.1, 0.15) is 36.0 Å². The van der Waals surface area contributed by atoms with E-state index >= 15 is 0 Å². The molecule has 1 aliphatic rings. The van der Waals surface area contributed by atoms with E-state index in [4.69, 9.17) is 5.26 Å². The van der Waals surface area contributed by atoms with Gasteiger partial charge in [-0.05, 0) is 31.9 Å². The third-order valence-electron chi connectivity index (χ3n) is 3.99. The number of piperidine rings is 1. The van der Waals surface area contributed by atoms with Gasteiger partial charge in [0.05, 0.1) is 10.5 Å². The zero-order chi connectivity index (χ0) is 16.4. The van der Waals surface area contributed by atoms with Crippen LogP contribution in [-0.4, -0.2) is 41.0 Å².